The SMILES string of the molecule is CC(C)(C)OC(=O)n1ncc2cc(Nc3nc(-c4cccc(CC(=O)c5cccnc5)c4)nc4ccc(O)cc34)ccc21. The van der Waals surface area contributed by atoms with Gasteiger partial charge in [0.2, 0.25) is 0 Å². The Kier molecular flexibility index (Phi) is 7.03. The van der Waals surface area contributed by atoms with Gasteiger partial charge in [-0.3, -0.25) is 9.78 Å². The average molecular weight is 573 g/mol. The van der Waals surface area contributed by atoms with E-state index in [1.54, 1.807) is 75.8 Å². The van der Waals surface area contributed by atoms with Gasteiger partial charge in [0.05, 0.1) is 17.2 Å². The highest BCUT2D eigenvalue weighted by Crippen LogP contribution is 2.31. The van der Waals surface area contributed by atoms with Gasteiger partial charge in [0.15, 0.2) is 11.6 Å². The monoisotopic (exact) mass is 572 g/mol. The summed E-state index contributed by atoms with van der Waals surface area (Å²) in [4.78, 5) is 39.0. The summed E-state index contributed by atoms with van der Waals surface area (Å²) in [7, 11) is 0. The highest BCUT2D eigenvalue weighted by atomic mass is 16.6. The molecule has 0 amide bonds. The molecule has 0 aliphatic rings. The van der Waals surface area contributed by atoms with E-state index in [2.05, 4.69) is 15.4 Å². The molecular weight excluding hydrogens is 544 g/mol. The van der Waals surface area contributed by atoms with Crippen molar-refractivity contribution in [2.75, 3.05) is 5.32 Å². The van der Waals surface area contributed by atoms with Crippen molar-refractivity contribution in [3.05, 3.63) is 103 Å². The van der Waals surface area contributed by atoms with E-state index in [0.29, 0.717) is 39.3 Å². The number of carbonyl (C=O) groups is 2. The number of Topliss-reactive ketones (excluding diaryl/α,β-unsaturated/α-hetero) is 1. The molecule has 3 aromatic heterocycles. The minimum absolute atomic E-state index is 0.0344. The smallest absolute Gasteiger partial charge is 0.435 e. The van der Waals surface area contributed by atoms with E-state index in [9.17, 15) is 14.7 Å². The summed E-state index contributed by atoms with van der Waals surface area (Å²) in [6.45, 7) is 5.40. The van der Waals surface area contributed by atoms with Crippen molar-refractivity contribution in [3.8, 4) is 17.1 Å². The zero-order valence-electron chi connectivity index (χ0n) is 23.8. The molecule has 10 heteroatoms. The van der Waals surface area contributed by atoms with Crippen LogP contribution in [0.25, 0.3) is 33.2 Å². The van der Waals surface area contributed by atoms with Crippen LogP contribution in [0.5, 0.6) is 5.75 Å². The molecule has 3 heterocycles. The lowest BCUT2D eigenvalue weighted by Gasteiger charge is -2.19. The number of pyridine rings is 1. The summed E-state index contributed by atoms with van der Waals surface area (Å²) in [6, 6.07) is 21.4. The van der Waals surface area contributed by atoms with E-state index in [1.807, 2.05) is 36.4 Å². The van der Waals surface area contributed by atoms with Gasteiger partial charge < -0.3 is 15.2 Å². The summed E-state index contributed by atoms with van der Waals surface area (Å²) >= 11 is 0. The Morgan fingerprint density at radius 2 is 1.81 bits per heavy atom. The summed E-state index contributed by atoms with van der Waals surface area (Å²) < 4.78 is 6.70. The van der Waals surface area contributed by atoms with Crippen LogP contribution in [0.1, 0.15) is 36.7 Å². The van der Waals surface area contributed by atoms with E-state index in [4.69, 9.17) is 14.7 Å². The Bertz CT molecular complexity index is 2000. The number of phenolic OH excluding ortho intramolecular Hbond substituents is 1. The Hall–Kier alpha value is -5.64. The molecule has 0 spiro atoms. The Balaban J connectivity index is 1.33. The van der Waals surface area contributed by atoms with Crippen molar-refractivity contribution in [2.24, 2.45) is 0 Å². The fraction of sp³-hybridized carbons (Fsp3) is 0.152. The number of carbonyl (C=O) groups excluding carboxylic acids is 2. The molecule has 0 aliphatic heterocycles. The van der Waals surface area contributed by atoms with E-state index in [1.165, 1.54) is 4.68 Å². The number of aromatic nitrogens is 5. The molecule has 0 saturated heterocycles. The number of ether oxygens (including phenoxy) is 1. The first-order chi connectivity index (χ1) is 20.6. The van der Waals surface area contributed by atoms with Gasteiger partial charge in [0.1, 0.15) is 17.2 Å². The second kappa shape index (κ2) is 11.0. The lowest BCUT2D eigenvalue weighted by molar-refractivity contribution is 0.0522. The lowest BCUT2D eigenvalue weighted by atomic mass is 10.0. The number of ketones is 1. The van der Waals surface area contributed by atoms with Crippen molar-refractivity contribution in [1.29, 1.82) is 0 Å². The number of aromatic hydroxyl groups is 1. The van der Waals surface area contributed by atoms with Gasteiger partial charge >= 0.3 is 6.09 Å². The summed E-state index contributed by atoms with van der Waals surface area (Å²) in [5.74, 6) is 0.978. The second-order valence-electron chi connectivity index (χ2n) is 11.1. The van der Waals surface area contributed by atoms with Gasteiger partial charge in [-0.25, -0.2) is 14.8 Å². The zero-order chi connectivity index (χ0) is 30.1. The Labute approximate surface area is 247 Å². The molecule has 43 heavy (non-hydrogen) atoms. The number of hydrogen-bond acceptors (Lipinski definition) is 9. The van der Waals surface area contributed by atoms with E-state index in [-0.39, 0.29) is 18.0 Å². The van der Waals surface area contributed by atoms with Crippen LogP contribution in [0.4, 0.5) is 16.3 Å². The van der Waals surface area contributed by atoms with Crippen molar-refractivity contribution in [2.45, 2.75) is 32.8 Å². The minimum atomic E-state index is -0.650. The normalized spacial score (nSPS) is 11.5. The predicted molar refractivity (Wildman–Crippen MR) is 164 cm³/mol. The molecule has 3 aromatic carbocycles. The molecular formula is C33H28N6O4. The predicted octanol–water partition coefficient (Wildman–Crippen LogP) is 6.70. The largest absolute Gasteiger partial charge is 0.508 e. The van der Waals surface area contributed by atoms with Crippen molar-refractivity contribution >= 4 is 45.2 Å². The Morgan fingerprint density at radius 1 is 0.953 bits per heavy atom. The van der Waals surface area contributed by atoms with E-state index in [0.717, 1.165) is 16.5 Å². The number of benzene rings is 3. The van der Waals surface area contributed by atoms with E-state index >= 15 is 0 Å². The fourth-order valence-corrected chi connectivity index (χ4v) is 4.67. The molecule has 0 aliphatic carbocycles. The first-order valence-electron chi connectivity index (χ1n) is 13.6. The number of hydrogen-bond donors (Lipinski definition) is 2. The number of rotatable bonds is 6. The molecule has 0 atom stereocenters. The first kappa shape index (κ1) is 27.5. The second-order valence-corrected chi connectivity index (χ2v) is 11.1. The number of anilines is 2. The number of phenols is 1. The number of nitrogens with zero attached hydrogens (tertiary/aromatic N) is 5. The first-order valence-corrected chi connectivity index (χ1v) is 13.6. The molecule has 0 bridgehead atoms. The number of nitrogens with one attached hydrogen (secondary N) is 1. The molecule has 214 valence electrons. The summed E-state index contributed by atoms with van der Waals surface area (Å²) in [5.41, 5.74) is 3.38. The molecule has 6 aromatic rings. The minimum Gasteiger partial charge on any atom is -0.508 e. The van der Waals surface area contributed by atoms with E-state index < -0.39 is 11.7 Å². The average Bonchev–Trinajstić information content (AvgIpc) is 3.41. The molecule has 0 fully saturated rings. The highest BCUT2D eigenvalue weighted by Gasteiger charge is 2.20. The van der Waals surface area contributed by atoms with Gasteiger partial charge in [-0.05, 0) is 80.9 Å². The van der Waals surface area contributed by atoms with Crippen LogP contribution in [-0.2, 0) is 11.2 Å². The maximum absolute atomic E-state index is 12.8. The molecule has 2 N–H and O–H groups in total. The van der Waals surface area contributed by atoms with Crippen LogP contribution >= 0.6 is 0 Å². The van der Waals surface area contributed by atoms with Crippen molar-refractivity contribution in [3.63, 3.8) is 0 Å². The van der Waals surface area contributed by atoms with Crippen LogP contribution in [0.3, 0.4) is 0 Å². The fourth-order valence-electron chi connectivity index (χ4n) is 4.67. The molecule has 0 unspecified atom stereocenters. The van der Waals surface area contributed by atoms with Gasteiger partial charge in [-0.1, -0.05) is 18.2 Å². The number of fused-ring (bicyclic) bond motifs is 2. The molecule has 10 nitrogen and oxygen atoms in total. The maximum Gasteiger partial charge on any atom is 0.435 e. The van der Waals surface area contributed by atoms with Crippen molar-refractivity contribution in [1.82, 2.24) is 24.7 Å². The van der Waals surface area contributed by atoms with Crippen LogP contribution in [-0.4, -0.2) is 47.3 Å². The zero-order valence-corrected chi connectivity index (χ0v) is 23.8. The topological polar surface area (TPSA) is 132 Å². The quantitative estimate of drug-likeness (QED) is 0.209. The third-order valence-electron chi connectivity index (χ3n) is 6.61. The van der Waals surface area contributed by atoms with Crippen molar-refractivity contribution < 1.29 is 19.4 Å². The van der Waals surface area contributed by atoms with Gasteiger partial charge in [-0.15, -0.1) is 0 Å². The van der Waals surface area contributed by atoms with Gasteiger partial charge in [0, 0.05) is 46.4 Å². The van der Waals surface area contributed by atoms with Gasteiger partial charge in [-0.2, -0.15) is 9.78 Å². The van der Waals surface area contributed by atoms with Crippen LogP contribution in [0.15, 0.2) is 91.4 Å². The molecule has 0 radical (unpaired) electrons. The van der Waals surface area contributed by atoms with Crippen LogP contribution in [0, 0.1) is 0 Å². The lowest BCUT2D eigenvalue weighted by Crippen LogP contribution is -2.27. The van der Waals surface area contributed by atoms with Gasteiger partial charge in [0.25, 0.3) is 0 Å². The maximum atomic E-state index is 12.8. The molecule has 0 saturated carbocycles. The third-order valence-corrected chi connectivity index (χ3v) is 6.61. The summed E-state index contributed by atoms with van der Waals surface area (Å²) in [5, 5.41) is 19.1. The summed E-state index contributed by atoms with van der Waals surface area (Å²) in [6.07, 6.45) is 4.44. The third kappa shape index (κ3) is 6.03. The molecule has 6 rings (SSSR count). The highest BCUT2D eigenvalue weighted by molar-refractivity contribution is 5.97. The standard InChI is InChI=1S/C33H28N6O4/c1-33(2,3)43-32(42)39-28-12-9-24(16-23(28)19-35-39)36-31-26-17-25(40)10-11-27(26)37-30(38-31)21-7-4-6-20(14-21)15-29(41)22-8-5-13-34-18-22/h4-14,16-19,40H,15H2,1-3H3,(H,36,37,38). The van der Waals surface area contributed by atoms with Crippen LogP contribution in [0.2, 0.25) is 0 Å². The Morgan fingerprint density at radius 3 is 2.60 bits per heavy atom. The van der Waals surface area contributed by atoms with Crippen LogP contribution < -0.4 is 5.32 Å².